The van der Waals surface area contributed by atoms with Gasteiger partial charge in [0.2, 0.25) is 11.8 Å². The summed E-state index contributed by atoms with van der Waals surface area (Å²) in [6.45, 7) is 3.16. The van der Waals surface area contributed by atoms with Crippen molar-refractivity contribution in [3.05, 3.63) is 0 Å². The Hall–Kier alpha value is -1.06. The standard InChI is InChI=1S/C15H26N2O2/c1-12(18)17-10-6-9-14(17)15(19)16(2)11-13-7-4-3-5-8-13/h13-14H,3-11H2,1-2H3. The minimum atomic E-state index is -0.203. The van der Waals surface area contributed by atoms with Crippen LogP contribution in [0.15, 0.2) is 0 Å². The van der Waals surface area contributed by atoms with Crippen LogP contribution in [0.1, 0.15) is 51.9 Å². The molecule has 0 spiro atoms. The minimum Gasteiger partial charge on any atom is -0.344 e. The SMILES string of the molecule is CC(=O)N1CCCC1C(=O)N(C)CC1CCCCC1. The highest BCUT2D eigenvalue weighted by molar-refractivity contribution is 5.87. The molecule has 4 heteroatoms. The third-order valence-corrected chi connectivity index (χ3v) is 4.58. The van der Waals surface area contributed by atoms with Crippen molar-refractivity contribution in [1.82, 2.24) is 9.80 Å². The van der Waals surface area contributed by atoms with Gasteiger partial charge in [-0.1, -0.05) is 19.3 Å². The normalized spacial score (nSPS) is 24.5. The molecule has 2 fully saturated rings. The van der Waals surface area contributed by atoms with Crippen molar-refractivity contribution < 1.29 is 9.59 Å². The number of hydrogen-bond donors (Lipinski definition) is 0. The molecule has 1 saturated carbocycles. The van der Waals surface area contributed by atoms with Crippen LogP contribution in [0.5, 0.6) is 0 Å². The van der Waals surface area contributed by atoms with Crippen LogP contribution in [0.25, 0.3) is 0 Å². The quantitative estimate of drug-likeness (QED) is 0.784. The van der Waals surface area contributed by atoms with Crippen molar-refractivity contribution in [1.29, 1.82) is 0 Å². The second-order valence-electron chi connectivity index (χ2n) is 6.09. The molecule has 0 bridgehead atoms. The lowest BCUT2D eigenvalue weighted by Crippen LogP contribution is -2.47. The van der Waals surface area contributed by atoms with E-state index in [1.54, 1.807) is 11.8 Å². The fourth-order valence-corrected chi connectivity index (χ4v) is 3.50. The summed E-state index contributed by atoms with van der Waals surface area (Å²) in [7, 11) is 1.90. The maximum atomic E-state index is 12.5. The van der Waals surface area contributed by atoms with E-state index in [2.05, 4.69) is 0 Å². The number of nitrogens with zero attached hydrogens (tertiary/aromatic N) is 2. The maximum Gasteiger partial charge on any atom is 0.245 e. The fourth-order valence-electron chi connectivity index (χ4n) is 3.50. The molecule has 0 aromatic carbocycles. The lowest BCUT2D eigenvalue weighted by Gasteiger charge is -2.31. The Bertz CT molecular complexity index is 337. The zero-order valence-corrected chi connectivity index (χ0v) is 12.2. The summed E-state index contributed by atoms with van der Waals surface area (Å²) in [4.78, 5) is 27.6. The molecule has 1 heterocycles. The van der Waals surface area contributed by atoms with Gasteiger partial charge in [-0.15, -0.1) is 0 Å². The number of carbonyl (C=O) groups is 2. The first-order valence-corrected chi connectivity index (χ1v) is 7.61. The van der Waals surface area contributed by atoms with E-state index in [0.29, 0.717) is 5.92 Å². The van der Waals surface area contributed by atoms with Crippen molar-refractivity contribution in [2.75, 3.05) is 20.1 Å². The molecule has 0 N–H and O–H groups in total. The van der Waals surface area contributed by atoms with Gasteiger partial charge in [0.25, 0.3) is 0 Å². The number of carbonyl (C=O) groups excluding carboxylic acids is 2. The summed E-state index contributed by atoms with van der Waals surface area (Å²) in [6, 6.07) is -0.203. The number of likely N-dealkylation sites (N-methyl/N-ethyl adjacent to an activating group) is 1. The number of hydrogen-bond acceptors (Lipinski definition) is 2. The van der Waals surface area contributed by atoms with Gasteiger partial charge in [0.15, 0.2) is 0 Å². The predicted octanol–water partition coefficient (Wildman–Crippen LogP) is 2.04. The Kier molecular flexibility index (Phi) is 4.83. The Morgan fingerprint density at radius 2 is 1.79 bits per heavy atom. The first-order valence-electron chi connectivity index (χ1n) is 7.61. The van der Waals surface area contributed by atoms with Gasteiger partial charge in [0.05, 0.1) is 0 Å². The zero-order chi connectivity index (χ0) is 13.8. The van der Waals surface area contributed by atoms with Gasteiger partial charge in [0, 0.05) is 27.1 Å². The van der Waals surface area contributed by atoms with E-state index in [9.17, 15) is 9.59 Å². The lowest BCUT2D eigenvalue weighted by atomic mass is 9.89. The Labute approximate surface area is 116 Å². The van der Waals surface area contributed by atoms with E-state index in [0.717, 1.165) is 25.9 Å². The molecule has 0 aromatic heterocycles. The number of rotatable bonds is 3. The Balaban J connectivity index is 1.89. The molecule has 1 saturated heterocycles. The van der Waals surface area contributed by atoms with Crippen molar-refractivity contribution in [3.63, 3.8) is 0 Å². The molecule has 2 aliphatic rings. The largest absolute Gasteiger partial charge is 0.344 e. The summed E-state index contributed by atoms with van der Waals surface area (Å²) < 4.78 is 0. The van der Waals surface area contributed by atoms with Gasteiger partial charge in [-0.05, 0) is 31.6 Å². The van der Waals surface area contributed by atoms with Crippen molar-refractivity contribution in [3.8, 4) is 0 Å². The molecule has 2 amide bonds. The molecule has 19 heavy (non-hydrogen) atoms. The highest BCUT2D eigenvalue weighted by Gasteiger charge is 2.34. The summed E-state index contributed by atoms with van der Waals surface area (Å²) in [6.07, 6.45) is 8.22. The molecule has 1 aliphatic carbocycles. The van der Waals surface area contributed by atoms with Crippen LogP contribution in [0.2, 0.25) is 0 Å². The van der Waals surface area contributed by atoms with Gasteiger partial charge < -0.3 is 9.80 Å². The predicted molar refractivity (Wildman–Crippen MR) is 74.6 cm³/mol. The fraction of sp³-hybridized carbons (Fsp3) is 0.867. The minimum absolute atomic E-state index is 0.0296. The van der Waals surface area contributed by atoms with Crippen LogP contribution in [0, 0.1) is 5.92 Å². The zero-order valence-electron chi connectivity index (χ0n) is 12.2. The molecule has 1 aliphatic heterocycles. The monoisotopic (exact) mass is 266 g/mol. The molecule has 0 radical (unpaired) electrons. The summed E-state index contributed by atoms with van der Waals surface area (Å²) in [5.74, 6) is 0.829. The topological polar surface area (TPSA) is 40.6 Å². The van der Waals surface area contributed by atoms with Crippen LogP contribution in [0.3, 0.4) is 0 Å². The van der Waals surface area contributed by atoms with Gasteiger partial charge in [-0.2, -0.15) is 0 Å². The van der Waals surface area contributed by atoms with Crippen molar-refractivity contribution in [2.45, 2.75) is 57.9 Å². The first kappa shape index (κ1) is 14.4. The highest BCUT2D eigenvalue weighted by Crippen LogP contribution is 2.25. The summed E-state index contributed by atoms with van der Waals surface area (Å²) in [5.41, 5.74) is 0. The Morgan fingerprint density at radius 1 is 1.11 bits per heavy atom. The summed E-state index contributed by atoms with van der Waals surface area (Å²) in [5, 5.41) is 0. The third kappa shape index (κ3) is 3.48. The molecule has 1 atom stereocenters. The summed E-state index contributed by atoms with van der Waals surface area (Å²) >= 11 is 0. The molecule has 108 valence electrons. The second-order valence-corrected chi connectivity index (χ2v) is 6.09. The van der Waals surface area contributed by atoms with E-state index in [1.807, 2.05) is 11.9 Å². The van der Waals surface area contributed by atoms with Crippen LogP contribution < -0.4 is 0 Å². The van der Waals surface area contributed by atoms with E-state index < -0.39 is 0 Å². The van der Waals surface area contributed by atoms with Crippen molar-refractivity contribution >= 4 is 11.8 Å². The molecule has 1 unspecified atom stereocenters. The van der Waals surface area contributed by atoms with Crippen LogP contribution in [0.4, 0.5) is 0 Å². The van der Waals surface area contributed by atoms with Crippen molar-refractivity contribution in [2.24, 2.45) is 5.92 Å². The smallest absolute Gasteiger partial charge is 0.245 e. The average molecular weight is 266 g/mol. The van der Waals surface area contributed by atoms with Gasteiger partial charge in [-0.3, -0.25) is 9.59 Å². The van der Waals surface area contributed by atoms with Gasteiger partial charge >= 0.3 is 0 Å². The molecule has 0 aromatic rings. The van der Waals surface area contributed by atoms with Crippen LogP contribution in [-0.4, -0.2) is 47.8 Å². The van der Waals surface area contributed by atoms with E-state index >= 15 is 0 Å². The van der Waals surface area contributed by atoms with E-state index in [1.165, 1.54) is 32.1 Å². The molecule has 4 nitrogen and oxygen atoms in total. The first-order chi connectivity index (χ1) is 9.09. The van der Waals surface area contributed by atoms with E-state index in [-0.39, 0.29) is 17.9 Å². The van der Waals surface area contributed by atoms with E-state index in [4.69, 9.17) is 0 Å². The van der Waals surface area contributed by atoms with Crippen LogP contribution >= 0.6 is 0 Å². The molecule has 2 rings (SSSR count). The van der Waals surface area contributed by atoms with Gasteiger partial charge in [-0.25, -0.2) is 0 Å². The second kappa shape index (κ2) is 6.40. The molecular formula is C15H26N2O2. The Morgan fingerprint density at radius 3 is 2.42 bits per heavy atom. The number of amides is 2. The number of likely N-dealkylation sites (tertiary alicyclic amines) is 1. The lowest BCUT2D eigenvalue weighted by molar-refractivity contribution is -0.142. The highest BCUT2D eigenvalue weighted by atomic mass is 16.2. The molecular weight excluding hydrogens is 240 g/mol. The third-order valence-electron chi connectivity index (χ3n) is 4.58. The van der Waals surface area contributed by atoms with Gasteiger partial charge in [0.1, 0.15) is 6.04 Å². The average Bonchev–Trinajstić information content (AvgIpc) is 2.88. The van der Waals surface area contributed by atoms with Crippen LogP contribution in [-0.2, 0) is 9.59 Å². The maximum absolute atomic E-state index is 12.5.